The lowest BCUT2D eigenvalue weighted by atomic mass is 9.96. The van der Waals surface area contributed by atoms with Gasteiger partial charge in [-0.3, -0.25) is 14.4 Å². The van der Waals surface area contributed by atoms with Crippen molar-refractivity contribution in [3.63, 3.8) is 0 Å². The predicted molar refractivity (Wildman–Crippen MR) is 172 cm³/mol. The highest BCUT2D eigenvalue weighted by Crippen LogP contribution is 2.26. The van der Waals surface area contributed by atoms with Gasteiger partial charge >= 0.3 is 5.97 Å². The largest absolute Gasteiger partial charge is 0.457 e. The SMILES string of the molecule is CCCCCCCCCCCC(=O)O[C@H]1[C@H](O)[C@@H](CO)O[C@H](OCC)[C@@H]1NC(=O)CCCCCNC(=O)CCCCCCC. The Bertz CT molecular complexity index is 753. The lowest BCUT2D eigenvalue weighted by Crippen LogP contribution is -2.65. The molecule has 44 heavy (non-hydrogen) atoms. The number of carbonyl (C=O) groups is 3. The molecule has 0 aliphatic carbocycles. The first kappa shape index (κ1) is 40.3. The smallest absolute Gasteiger partial charge is 0.306 e. The van der Waals surface area contributed by atoms with Crippen LogP contribution in [0.3, 0.4) is 0 Å². The third kappa shape index (κ3) is 18.3. The minimum atomic E-state index is -1.32. The molecule has 0 bridgehead atoms. The second-order valence-corrected chi connectivity index (χ2v) is 12.1. The Morgan fingerprint density at radius 3 is 1.80 bits per heavy atom. The van der Waals surface area contributed by atoms with E-state index >= 15 is 0 Å². The number of rotatable bonds is 27. The van der Waals surface area contributed by atoms with E-state index in [2.05, 4.69) is 24.5 Å². The van der Waals surface area contributed by atoms with Crippen molar-refractivity contribution in [2.24, 2.45) is 0 Å². The topological polar surface area (TPSA) is 143 Å². The molecule has 1 fully saturated rings. The van der Waals surface area contributed by atoms with Gasteiger partial charge in [0.1, 0.15) is 18.2 Å². The molecule has 0 aromatic rings. The summed E-state index contributed by atoms with van der Waals surface area (Å²) in [7, 11) is 0. The molecule has 1 saturated heterocycles. The van der Waals surface area contributed by atoms with Crippen LogP contribution in [-0.2, 0) is 28.6 Å². The van der Waals surface area contributed by atoms with E-state index in [1.165, 1.54) is 51.4 Å². The number of hydrogen-bond acceptors (Lipinski definition) is 8. The molecule has 0 saturated carbocycles. The fourth-order valence-electron chi connectivity index (χ4n) is 5.51. The summed E-state index contributed by atoms with van der Waals surface area (Å²) >= 11 is 0. The average molecular weight is 629 g/mol. The first-order valence-corrected chi connectivity index (χ1v) is 17.7. The molecule has 1 aliphatic rings. The van der Waals surface area contributed by atoms with Crippen LogP contribution in [0.4, 0.5) is 0 Å². The Labute approximate surface area is 266 Å². The molecule has 4 N–H and O–H groups in total. The fourth-order valence-corrected chi connectivity index (χ4v) is 5.51. The third-order valence-corrected chi connectivity index (χ3v) is 8.17. The maximum absolute atomic E-state index is 12.9. The molecule has 1 aliphatic heterocycles. The Morgan fingerprint density at radius 2 is 1.23 bits per heavy atom. The van der Waals surface area contributed by atoms with Crippen LogP contribution in [0.5, 0.6) is 0 Å². The van der Waals surface area contributed by atoms with Crippen molar-refractivity contribution in [1.82, 2.24) is 10.6 Å². The zero-order valence-electron chi connectivity index (χ0n) is 28.0. The molecule has 0 radical (unpaired) electrons. The van der Waals surface area contributed by atoms with E-state index < -0.39 is 43.2 Å². The third-order valence-electron chi connectivity index (χ3n) is 8.17. The molecule has 10 heteroatoms. The van der Waals surface area contributed by atoms with Gasteiger partial charge in [-0.15, -0.1) is 0 Å². The van der Waals surface area contributed by atoms with Gasteiger partial charge in [-0.05, 0) is 32.6 Å². The molecule has 10 nitrogen and oxygen atoms in total. The van der Waals surface area contributed by atoms with Gasteiger partial charge in [0.2, 0.25) is 11.8 Å². The van der Waals surface area contributed by atoms with Gasteiger partial charge in [-0.1, -0.05) is 97.3 Å². The van der Waals surface area contributed by atoms with Crippen LogP contribution in [0.25, 0.3) is 0 Å². The van der Waals surface area contributed by atoms with Crippen molar-refractivity contribution in [2.75, 3.05) is 19.8 Å². The van der Waals surface area contributed by atoms with Crippen molar-refractivity contribution < 1.29 is 38.8 Å². The lowest BCUT2D eigenvalue weighted by Gasteiger charge is -2.43. The van der Waals surface area contributed by atoms with Crippen LogP contribution in [0.2, 0.25) is 0 Å². The molecule has 0 aromatic carbocycles. The predicted octanol–water partition coefficient (Wildman–Crippen LogP) is 5.46. The number of esters is 1. The number of carbonyl (C=O) groups excluding carboxylic acids is 3. The van der Waals surface area contributed by atoms with Crippen molar-refractivity contribution in [3.05, 3.63) is 0 Å². The molecule has 258 valence electrons. The highest BCUT2D eigenvalue weighted by molar-refractivity contribution is 5.76. The fraction of sp³-hybridized carbons (Fsp3) is 0.912. The summed E-state index contributed by atoms with van der Waals surface area (Å²) in [5, 5.41) is 26.5. The number of ether oxygens (including phenoxy) is 3. The normalized spacial score (nSPS) is 21.6. The average Bonchev–Trinajstić information content (AvgIpc) is 3.01. The van der Waals surface area contributed by atoms with Gasteiger partial charge in [-0.25, -0.2) is 0 Å². The Kier molecular flexibility index (Phi) is 24.2. The van der Waals surface area contributed by atoms with Gasteiger partial charge < -0.3 is 35.1 Å². The summed E-state index contributed by atoms with van der Waals surface area (Å²) in [6, 6.07) is -0.913. The molecule has 2 amide bonds. The molecule has 0 aromatic heterocycles. The summed E-state index contributed by atoms with van der Waals surface area (Å²) < 4.78 is 17.1. The number of aliphatic hydroxyl groups excluding tert-OH is 2. The second kappa shape index (κ2) is 26.5. The lowest BCUT2D eigenvalue weighted by molar-refractivity contribution is -0.272. The highest BCUT2D eigenvalue weighted by atomic mass is 16.7. The molecule has 1 heterocycles. The zero-order valence-corrected chi connectivity index (χ0v) is 28.0. The van der Waals surface area contributed by atoms with Crippen molar-refractivity contribution in [3.8, 4) is 0 Å². The number of nitrogens with one attached hydrogen (secondary N) is 2. The van der Waals surface area contributed by atoms with Crippen molar-refractivity contribution >= 4 is 17.8 Å². The van der Waals surface area contributed by atoms with E-state index in [-0.39, 0.29) is 31.3 Å². The van der Waals surface area contributed by atoms with Crippen molar-refractivity contribution in [1.29, 1.82) is 0 Å². The minimum absolute atomic E-state index is 0.0802. The first-order chi connectivity index (χ1) is 21.4. The number of aliphatic hydroxyl groups is 2. The van der Waals surface area contributed by atoms with Crippen LogP contribution >= 0.6 is 0 Å². The minimum Gasteiger partial charge on any atom is -0.457 e. The van der Waals surface area contributed by atoms with Crippen LogP contribution < -0.4 is 10.6 Å². The van der Waals surface area contributed by atoms with Crippen molar-refractivity contribution in [2.45, 2.75) is 180 Å². The van der Waals surface area contributed by atoms with Crippen LogP contribution in [0, 0.1) is 0 Å². The molecule has 5 atom stereocenters. The maximum atomic E-state index is 12.9. The quantitative estimate of drug-likeness (QED) is 0.0694. The van der Waals surface area contributed by atoms with E-state index in [0.29, 0.717) is 25.8 Å². The Hall–Kier alpha value is -1.75. The second-order valence-electron chi connectivity index (χ2n) is 12.1. The highest BCUT2D eigenvalue weighted by Gasteiger charge is 2.48. The van der Waals surface area contributed by atoms with Gasteiger partial charge in [0.15, 0.2) is 12.4 Å². The number of unbranched alkanes of at least 4 members (excludes halogenated alkanes) is 14. The van der Waals surface area contributed by atoms with Gasteiger partial charge in [0.25, 0.3) is 0 Å². The molecule has 0 unspecified atom stereocenters. The van der Waals surface area contributed by atoms with E-state index in [4.69, 9.17) is 14.2 Å². The van der Waals surface area contributed by atoms with Crippen LogP contribution in [0.1, 0.15) is 149 Å². The van der Waals surface area contributed by atoms with E-state index in [1.54, 1.807) is 6.92 Å². The molecule has 0 spiro atoms. The molecular formula is C34H64N2O8. The summed E-state index contributed by atoms with van der Waals surface area (Å²) in [5.74, 6) is -0.640. The monoisotopic (exact) mass is 628 g/mol. The summed E-state index contributed by atoms with van der Waals surface area (Å²) in [4.78, 5) is 37.6. The summed E-state index contributed by atoms with van der Waals surface area (Å²) in [6.45, 7) is 6.53. The van der Waals surface area contributed by atoms with Gasteiger partial charge in [0.05, 0.1) is 6.61 Å². The Morgan fingerprint density at radius 1 is 0.705 bits per heavy atom. The standard InChI is InChI=1S/C34H64N2O8/c1-4-7-9-11-12-13-14-16-20-24-30(40)44-33-31(34(42-6-3)43-27(26-37)32(33)41)36-29(39)23-19-17-21-25-35-28(38)22-18-15-10-8-5-2/h27,31-34,37,41H,4-26H2,1-3H3,(H,35,38)(H,36,39)/t27-,31-,32-,33-,34+/m1/s1. The first-order valence-electron chi connectivity index (χ1n) is 17.7. The Balaban J connectivity index is 2.49. The van der Waals surface area contributed by atoms with Crippen LogP contribution in [0.15, 0.2) is 0 Å². The molecular weight excluding hydrogens is 564 g/mol. The van der Waals surface area contributed by atoms with Gasteiger partial charge in [0, 0.05) is 32.4 Å². The van der Waals surface area contributed by atoms with E-state index in [0.717, 1.165) is 44.9 Å². The molecule has 1 rings (SSSR count). The zero-order chi connectivity index (χ0) is 32.4. The van der Waals surface area contributed by atoms with Gasteiger partial charge in [-0.2, -0.15) is 0 Å². The number of hydrogen-bond donors (Lipinski definition) is 4. The summed E-state index contributed by atoms with van der Waals surface area (Å²) in [6.07, 6.45) is 14.5. The van der Waals surface area contributed by atoms with E-state index in [1.807, 2.05) is 0 Å². The summed E-state index contributed by atoms with van der Waals surface area (Å²) in [5.41, 5.74) is 0. The van der Waals surface area contributed by atoms with E-state index in [9.17, 15) is 24.6 Å². The number of amides is 2. The maximum Gasteiger partial charge on any atom is 0.306 e. The van der Waals surface area contributed by atoms with Crippen LogP contribution in [-0.4, -0.2) is 78.4 Å².